The van der Waals surface area contributed by atoms with E-state index in [9.17, 15) is 19.1 Å². The zero-order valence-corrected chi connectivity index (χ0v) is 32.1. The van der Waals surface area contributed by atoms with E-state index in [0.29, 0.717) is 37.4 Å². The maximum absolute atomic E-state index is 16.3. The molecule has 6 rings (SSSR count). The van der Waals surface area contributed by atoms with Crippen molar-refractivity contribution in [3.63, 3.8) is 0 Å². The molecule has 8 nitrogen and oxygen atoms in total. The zero-order chi connectivity index (χ0) is 40.7. The molecule has 1 fully saturated rings. The molecular formula is C45H46F4N4O4. The molecule has 2 atom stereocenters. The topological polar surface area (TPSA) is 104 Å². The number of aromatic nitrogens is 1. The van der Waals surface area contributed by atoms with Crippen LogP contribution in [0.1, 0.15) is 71.8 Å². The second-order valence-electron chi connectivity index (χ2n) is 15.3. The summed E-state index contributed by atoms with van der Waals surface area (Å²) in [7, 11) is 0. The van der Waals surface area contributed by atoms with E-state index in [-0.39, 0.29) is 71.4 Å². The Balaban J connectivity index is 1.33. The third kappa shape index (κ3) is 9.45. The monoisotopic (exact) mass is 782 g/mol. The van der Waals surface area contributed by atoms with Crippen LogP contribution in [-0.4, -0.2) is 65.6 Å². The van der Waals surface area contributed by atoms with Crippen LogP contribution in [0.3, 0.4) is 0 Å². The molecule has 0 aliphatic carbocycles. The van der Waals surface area contributed by atoms with Crippen molar-refractivity contribution < 1.29 is 37.0 Å². The molecule has 0 bridgehead atoms. The molecule has 1 saturated heterocycles. The summed E-state index contributed by atoms with van der Waals surface area (Å²) >= 11 is 0. The number of hydrogen-bond acceptors (Lipinski definition) is 6. The Bertz CT molecular complexity index is 2170. The molecule has 0 radical (unpaired) electrons. The summed E-state index contributed by atoms with van der Waals surface area (Å²) in [6.45, 7) is 7.43. The number of piperazine rings is 1. The standard InChI is InChI=1S/C45H46F4N4O4/c1-44(2,3)29-10-15-36(16-11-29)57-28-42(55)53-21-20-50-25-35(53)14-17-37-39(26-51-27-40(37)49)45(30-8-12-32(46)13-9-30,31-22-33(47)24-34(48)23-31)18-19-52-43(56)38-6-4-5-7-41(38)54/h4-13,15-16,22-24,26-27,35,50,54H,14,17-21,25,28H2,1-3H3,(H,52,56)/t35-,45-/m0/s1. The van der Waals surface area contributed by atoms with Gasteiger partial charge in [0.2, 0.25) is 0 Å². The third-order valence-electron chi connectivity index (χ3n) is 10.6. The molecule has 57 heavy (non-hydrogen) atoms. The maximum atomic E-state index is 16.3. The van der Waals surface area contributed by atoms with Gasteiger partial charge in [0.15, 0.2) is 6.61 Å². The molecule has 4 aromatic carbocycles. The Labute approximate surface area is 329 Å². The summed E-state index contributed by atoms with van der Waals surface area (Å²) in [4.78, 5) is 32.7. The molecule has 2 amide bonds. The van der Waals surface area contributed by atoms with Crippen molar-refractivity contribution in [3.8, 4) is 11.5 Å². The highest BCUT2D eigenvalue weighted by molar-refractivity contribution is 5.96. The zero-order valence-electron chi connectivity index (χ0n) is 32.1. The summed E-state index contributed by atoms with van der Waals surface area (Å²) in [6.07, 6.45) is 2.79. The molecule has 1 aliphatic heterocycles. The van der Waals surface area contributed by atoms with Crippen LogP contribution in [0.4, 0.5) is 17.6 Å². The Kier molecular flexibility index (Phi) is 12.6. The van der Waals surface area contributed by atoms with Gasteiger partial charge in [-0.05, 0) is 101 Å². The highest BCUT2D eigenvalue weighted by Gasteiger charge is 2.40. The lowest BCUT2D eigenvalue weighted by molar-refractivity contribution is -0.136. The fourth-order valence-electron chi connectivity index (χ4n) is 7.58. The summed E-state index contributed by atoms with van der Waals surface area (Å²) in [5.41, 5.74) is 0.409. The molecule has 1 aromatic heterocycles. The minimum Gasteiger partial charge on any atom is -0.507 e. The number of ether oxygens (including phenoxy) is 1. The van der Waals surface area contributed by atoms with Crippen molar-refractivity contribution >= 4 is 11.8 Å². The van der Waals surface area contributed by atoms with E-state index in [2.05, 4.69) is 36.4 Å². The second kappa shape index (κ2) is 17.6. The average Bonchev–Trinajstić information content (AvgIpc) is 3.18. The van der Waals surface area contributed by atoms with Crippen LogP contribution >= 0.6 is 0 Å². The van der Waals surface area contributed by atoms with Crippen LogP contribution in [-0.2, 0) is 22.0 Å². The van der Waals surface area contributed by atoms with Gasteiger partial charge in [-0.1, -0.05) is 57.2 Å². The average molecular weight is 783 g/mol. The first kappa shape index (κ1) is 40.9. The first-order valence-corrected chi connectivity index (χ1v) is 18.9. The van der Waals surface area contributed by atoms with Crippen molar-refractivity contribution in [1.29, 1.82) is 0 Å². The molecule has 12 heteroatoms. The van der Waals surface area contributed by atoms with E-state index in [1.54, 1.807) is 17.0 Å². The van der Waals surface area contributed by atoms with Crippen molar-refractivity contribution in [3.05, 3.63) is 160 Å². The predicted molar refractivity (Wildman–Crippen MR) is 209 cm³/mol. The van der Waals surface area contributed by atoms with Crippen LogP contribution in [0.15, 0.2) is 103 Å². The van der Waals surface area contributed by atoms with Crippen LogP contribution in [0.2, 0.25) is 0 Å². The fraction of sp³-hybridized carbons (Fsp3) is 0.311. The minimum absolute atomic E-state index is 0.0128. The number of benzene rings is 4. The van der Waals surface area contributed by atoms with Crippen LogP contribution in [0.25, 0.3) is 0 Å². The van der Waals surface area contributed by atoms with Crippen LogP contribution in [0.5, 0.6) is 11.5 Å². The van der Waals surface area contributed by atoms with E-state index in [4.69, 9.17) is 4.74 Å². The van der Waals surface area contributed by atoms with E-state index in [1.165, 1.54) is 42.6 Å². The first-order chi connectivity index (χ1) is 27.3. The van der Waals surface area contributed by atoms with Crippen molar-refractivity contribution in [2.75, 3.05) is 32.8 Å². The number of para-hydroxylation sites is 1. The van der Waals surface area contributed by atoms with E-state index < -0.39 is 34.6 Å². The van der Waals surface area contributed by atoms with E-state index in [1.807, 2.05) is 24.3 Å². The third-order valence-corrected chi connectivity index (χ3v) is 10.6. The summed E-state index contributed by atoms with van der Waals surface area (Å²) in [6, 6.07) is 21.5. The number of phenols is 1. The lowest BCUT2D eigenvalue weighted by Crippen LogP contribution is -2.55. The van der Waals surface area contributed by atoms with Gasteiger partial charge in [-0.3, -0.25) is 14.6 Å². The van der Waals surface area contributed by atoms with Gasteiger partial charge in [-0.25, -0.2) is 17.6 Å². The van der Waals surface area contributed by atoms with E-state index >= 15 is 13.2 Å². The van der Waals surface area contributed by atoms with Crippen LogP contribution in [0, 0.1) is 23.3 Å². The SMILES string of the molecule is CC(C)(C)c1ccc(OCC(=O)N2CCNC[C@@H]2CCc2c(F)cncc2[C@@](CCNC(=O)c2ccccc2O)(c2ccc(F)cc2)c2cc(F)cc(F)c2)cc1. The summed E-state index contributed by atoms with van der Waals surface area (Å²) in [5, 5.41) is 16.4. The predicted octanol–water partition coefficient (Wildman–Crippen LogP) is 7.61. The van der Waals surface area contributed by atoms with Gasteiger partial charge in [0, 0.05) is 49.9 Å². The fourth-order valence-corrected chi connectivity index (χ4v) is 7.58. The molecule has 1 aliphatic rings. The number of carbonyl (C=O) groups is 2. The second-order valence-corrected chi connectivity index (χ2v) is 15.3. The molecule has 0 unspecified atom stereocenters. The number of nitrogens with one attached hydrogen (secondary N) is 2. The number of carbonyl (C=O) groups excluding carboxylic acids is 2. The molecule has 2 heterocycles. The van der Waals surface area contributed by atoms with E-state index in [0.717, 1.165) is 30.0 Å². The van der Waals surface area contributed by atoms with Crippen molar-refractivity contribution in [2.24, 2.45) is 0 Å². The lowest BCUT2D eigenvalue weighted by Gasteiger charge is -2.39. The molecule has 5 aromatic rings. The molecule has 298 valence electrons. The number of aromatic hydroxyl groups is 1. The minimum atomic E-state index is -1.58. The number of halogens is 4. The molecule has 0 saturated carbocycles. The van der Waals surface area contributed by atoms with Gasteiger partial charge < -0.3 is 25.4 Å². The van der Waals surface area contributed by atoms with Crippen molar-refractivity contribution in [1.82, 2.24) is 20.5 Å². The number of rotatable bonds is 13. The number of amides is 2. The Morgan fingerprint density at radius 3 is 2.25 bits per heavy atom. The first-order valence-electron chi connectivity index (χ1n) is 18.9. The Morgan fingerprint density at radius 2 is 1.56 bits per heavy atom. The smallest absolute Gasteiger partial charge is 0.260 e. The van der Waals surface area contributed by atoms with Gasteiger partial charge >= 0.3 is 0 Å². The largest absolute Gasteiger partial charge is 0.507 e. The number of hydrogen-bond donors (Lipinski definition) is 3. The summed E-state index contributed by atoms with van der Waals surface area (Å²) in [5.74, 6) is -3.55. The lowest BCUT2D eigenvalue weighted by atomic mass is 9.66. The summed E-state index contributed by atoms with van der Waals surface area (Å²) < 4.78 is 66.9. The number of phenolic OH excluding ortho intramolecular Hbond substituents is 1. The molecular weight excluding hydrogens is 737 g/mol. The van der Waals surface area contributed by atoms with Gasteiger partial charge in [0.25, 0.3) is 11.8 Å². The quantitative estimate of drug-likeness (QED) is 0.106. The van der Waals surface area contributed by atoms with Gasteiger partial charge in [-0.15, -0.1) is 0 Å². The van der Waals surface area contributed by atoms with Gasteiger partial charge in [0.1, 0.15) is 34.8 Å². The van der Waals surface area contributed by atoms with Gasteiger partial charge in [0.05, 0.1) is 11.8 Å². The highest BCUT2D eigenvalue weighted by Crippen LogP contribution is 2.45. The Hall–Kier alpha value is -5.75. The number of pyridine rings is 1. The van der Waals surface area contributed by atoms with Crippen LogP contribution < -0.4 is 15.4 Å². The highest BCUT2D eigenvalue weighted by atomic mass is 19.1. The molecule has 3 N–H and O–H groups in total. The maximum Gasteiger partial charge on any atom is 0.260 e. The normalized spacial score (nSPS) is 15.5. The van der Waals surface area contributed by atoms with Crippen molar-refractivity contribution in [2.45, 2.75) is 56.9 Å². The molecule has 0 spiro atoms. The Morgan fingerprint density at radius 1 is 0.877 bits per heavy atom. The van der Waals surface area contributed by atoms with Gasteiger partial charge in [-0.2, -0.15) is 0 Å². The number of nitrogens with zero attached hydrogens (tertiary/aromatic N) is 2.